The smallest absolute Gasteiger partial charge is 0.332 e. The van der Waals surface area contributed by atoms with E-state index < -0.39 is 12.0 Å². The number of ether oxygens (including phenoxy) is 2. The molecule has 0 saturated carbocycles. The van der Waals surface area contributed by atoms with Gasteiger partial charge in [-0.2, -0.15) is 10.2 Å². The van der Waals surface area contributed by atoms with E-state index in [0.29, 0.717) is 25.1 Å². The van der Waals surface area contributed by atoms with Gasteiger partial charge in [-0.25, -0.2) is 4.79 Å². The zero-order valence-corrected chi connectivity index (χ0v) is 15.5. The molecule has 23 heavy (non-hydrogen) atoms. The average molecular weight is 432 g/mol. The highest BCUT2D eigenvalue weighted by molar-refractivity contribution is 14.1. The number of carbonyl (C=O) groups is 2. The summed E-state index contributed by atoms with van der Waals surface area (Å²) >= 11 is 2.18. The number of carbonyl (C=O) groups excluding carboxylic acids is 2. The van der Waals surface area contributed by atoms with E-state index in [-0.39, 0.29) is 19.0 Å². The zero-order chi connectivity index (χ0) is 17.1. The largest absolute Gasteiger partial charge is 0.466 e. The summed E-state index contributed by atoms with van der Waals surface area (Å²) in [5, 5.41) is 8.20. The molecule has 0 aliphatic heterocycles. The minimum atomic E-state index is -0.706. The molecule has 0 amide bonds. The molecule has 1 aromatic carbocycles. The summed E-state index contributed by atoms with van der Waals surface area (Å²) < 4.78 is 10.9. The van der Waals surface area contributed by atoms with Crippen LogP contribution in [0, 0.1) is 3.57 Å². The summed E-state index contributed by atoms with van der Waals surface area (Å²) in [4.78, 5) is 23.3. The molecule has 7 heteroatoms. The van der Waals surface area contributed by atoms with Gasteiger partial charge in [-0.3, -0.25) is 4.79 Å². The molecule has 0 aliphatic carbocycles. The van der Waals surface area contributed by atoms with Crippen molar-refractivity contribution in [3.8, 4) is 0 Å². The molecule has 6 nitrogen and oxygen atoms in total. The maximum Gasteiger partial charge on any atom is 0.332 e. The third-order valence-corrected chi connectivity index (χ3v) is 3.51. The van der Waals surface area contributed by atoms with Gasteiger partial charge in [0.05, 0.1) is 18.9 Å². The van der Waals surface area contributed by atoms with Crippen LogP contribution >= 0.6 is 22.6 Å². The predicted molar refractivity (Wildman–Crippen MR) is 94.6 cm³/mol. The lowest BCUT2D eigenvalue weighted by atomic mass is 10.1. The minimum Gasteiger partial charge on any atom is -0.466 e. The van der Waals surface area contributed by atoms with Crippen LogP contribution in [0.4, 0.5) is 5.69 Å². The average Bonchev–Trinajstić information content (AvgIpc) is 2.51. The Labute approximate surface area is 149 Å². The monoisotopic (exact) mass is 432 g/mol. The number of rotatable bonds is 9. The fraction of sp³-hybridized carbons (Fsp3) is 0.500. The molecule has 126 valence electrons. The molecule has 0 radical (unpaired) electrons. The second-order valence-corrected chi connectivity index (χ2v) is 5.91. The summed E-state index contributed by atoms with van der Waals surface area (Å²) in [5.41, 5.74) is 0.677. The van der Waals surface area contributed by atoms with Gasteiger partial charge in [-0.05, 0) is 67.5 Å². The van der Waals surface area contributed by atoms with Crippen molar-refractivity contribution in [2.75, 3.05) is 13.2 Å². The van der Waals surface area contributed by atoms with Gasteiger partial charge in [0.1, 0.15) is 0 Å². The van der Waals surface area contributed by atoms with Gasteiger partial charge in [0, 0.05) is 9.99 Å². The molecule has 1 atom stereocenters. The zero-order valence-electron chi connectivity index (χ0n) is 13.3. The molecule has 0 fully saturated rings. The van der Waals surface area contributed by atoms with Gasteiger partial charge in [-0.1, -0.05) is 6.07 Å². The van der Waals surface area contributed by atoms with Crippen molar-refractivity contribution in [1.29, 1.82) is 0 Å². The van der Waals surface area contributed by atoms with Crippen molar-refractivity contribution in [2.45, 2.75) is 39.2 Å². The van der Waals surface area contributed by atoms with Crippen molar-refractivity contribution in [2.24, 2.45) is 10.2 Å². The topological polar surface area (TPSA) is 77.3 Å². The minimum absolute atomic E-state index is 0.252. The number of nitrogens with zero attached hydrogens (tertiary/aromatic N) is 2. The van der Waals surface area contributed by atoms with E-state index in [0.717, 1.165) is 3.57 Å². The molecule has 1 unspecified atom stereocenters. The molecule has 0 heterocycles. The molecule has 1 aromatic rings. The fourth-order valence-electron chi connectivity index (χ4n) is 1.81. The van der Waals surface area contributed by atoms with Crippen molar-refractivity contribution in [1.82, 2.24) is 0 Å². The van der Waals surface area contributed by atoms with E-state index in [1.54, 1.807) is 13.8 Å². The Hall–Kier alpha value is -1.51. The van der Waals surface area contributed by atoms with Crippen molar-refractivity contribution >= 4 is 40.2 Å². The van der Waals surface area contributed by atoms with Crippen LogP contribution in [0.3, 0.4) is 0 Å². The van der Waals surface area contributed by atoms with E-state index in [1.165, 1.54) is 0 Å². The molecule has 0 N–H and O–H groups in total. The van der Waals surface area contributed by atoms with Crippen molar-refractivity contribution in [3.63, 3.8) is 0 Å². The predicted octanol–water partition coefficient (Wildman–Crippen LogP) is 4.04. The van der Waals surface area contributed by atoms with Crippen molar-refractivity contribution in [3.05, 3.63) is 27.8 Å². The Bertz CT molecular complexity index is 549. The van der Waals surface area contributed by atoms with E-state index in [9.17, 15) is 9.59 Å². The summed E-state index contributed by atoms with van der Waals surface area (Å²) in [6, 6.07) is 6.79. The number of benzene rings is 1. The summed E-state index contributed by atoms with van der Waals surface area (Å²) in [7, 11) is 0. The van der Waals surface area contributed by atoms with Crippen LogP contribution in [0.1, 0.15) is 33.1 Å². The van der Waals surface area contributed by atoms with Gasteiger partial charge < -0.3 is 9.47 Å². The Kier molecular flexibility index (Phi) is 9.42. The molecule has 0 aromatic heterocycles. The van der Waals surface area contributed by atoms with Gasteiger partial charge in [0.2, 0.25) is 0 Å². The maximum absolute atomic E-state index is 11.9. The Morgan fingerprint density at radius 1 is 1.22 bits per heavy atom. The van der Waals surface area contributed by atoms with Gasteiger partial charge in [-0.15, -0.1) is 0 Å². The SMILES string of the molecule is CCOC(=O)CCCC(N=Nc1cccc(I)c1)C(=O)OCC. The number of hydrogen-bond donors (Lipinski definition) is 0. The number of esters is 2. The van der Waals surface area contributed by atoms with Crippen LogP contribution in [0.25, 0.3) is 0 Å². The normalized spacial score (nSPS) is 12.1. The highest BCUT2D eigenvalue weighted by atomic mass is 127. The third kappa shape index (κ3) is 8.06. The molecule has 0 saturated heterocycles. The Morgan fingerprint density at radius 3 is 2.61 bits per heavy atom. The molecule has 0 bridgehead atoms. The van der Waals surface area contributed by atoms with Gasteiger partial charge in [0.25, 0.3) is 0 Å². The van der Waals surface area contributed by atoms with Crippen LogP contribution < -0.4 is 0 Å². The number of halogens is 1. The second-order valence-electron chi connectivity index (χ2n) is 4.66. The first kappa shape index (κ1) is 19.5. The van der Waals surface area contributed by atoms with Crippen LogP contribution in [0.15, 0.2) is 34.5 Å². The first-order chi connectivity index (χ1) is 11.1. The quantitative estimate of drug-likeness (QED) is 0.335. The summed E-state index contributed by atoms with van der Waals surface area (Å²) in [5.74, 6) is -0.699. The first-order valence-corrected chi connectivity index (χ1v) is 8.63. The lowest BCUT2D eigenvalue weighted by Crippen LogP contribution is -2.21. The molecule has 0 spiro atoms. The first-order valence-electron chi connectivity index (χ1n) is 7.55. The summed E-state index contributed by atoms with van der Waals surface area (Å²) in [6.45, 7) is 4.14. The van der Waals surface area contributed by atoms with Crippen molar-refractivity contribution < 1.29 is 19.1 Å². The highest BCUT2D eigenvalue weighted by Gasteiger charge is 2.19. The van der Waals surface area contributed by atoms with E-state index in [4.69, 9.17) is 9.47 Å². The standard InChI is InChI=1S/C16H21IN2O4/c1-3-22-15(20)10-6-9-14(16(21)23-4-2)19-18-13-8-5-7-12(17)11-13/h5,7-8,11,14H,3-4,6,9-10H2,1-2H3. The maximum atomic E-state index is 11.9. The lowest BCUT2D eigenvalue weighted by Gasteiger charge is -2.10. The van der Waals surface area contributed by atoms with Crippen LogP contribution in [0.2, 0.25) is 0 Å². The molecular weight excluding hydrogens is 411 g/mol. The third-order valence-electron chi connectivity index (χ3n) is 2.84. The van der Waals surface area contributed by atoms with Gasteiger partial charge >= 0.3 is 11.9 Å². The van der Waals surface area contributed by atoms with Gasteiger partial charge in [0.15, 0.2) is 6.04 Å². The van der Waals surface area contributed by atoms with Crippen LogP contribution in [-0.2, 0) is 19.1 Å². The fourth-order valence-corrected chi connectivity index (χ4v) is 2.34. The van der Waals surface area contributed by atoms with E-state index in [2.05, 4.69) is 32.8 Å². The van der Waals surface area contributed by atoms with E-state index in [1.807, 2.05) is 24.3 Å². The molecular formula is C16H21IN2O4. The van der Waals surface area contributed by atoms with Crippen LogP contribution in [-0.4, -0.2) is 31.2 Å². The Balaban J connectivity index is 2.65. The second kappa shape index (κ2) is 11.1. The Morgan fingerprint density at radius 2 is 1.96 bits per heavy atom. The van der Waals surface area contributed by atoms with Crippen LogP contribution in [0.5, 0.6) is 0 Å². The van der Waals surface area contributed by atoms with E-state index >= 15 is 0 Å². The lowest BCUT2D eigenvalue weighted by molar-refractivity contribution is -0.146. The molecule has 0 aliphatic rings. The summed E-state index contributed by atoms with van der Waals surface area (Å²) in [6.07, 6.45) is 1.14. The highest BCUT2D eigenvalue weighted by Crippen LogP contribution is 2.18. The molecule has 1 rings (SSSR count). The number of hydrogen-bond acceptors (Lipinski definition) is 6. The number of azo groups is 1.